The lowest BCUT2D eigenvalue weighted by Gasteiger charge is -2.29. The number of carbonyl (C=O) groups is 1. The standard InChI is InChI=1S/C19H19N3O5S/c1-13(23)15-4-2-5-16(12-15)28(24,25)22-9-7-14(8-10-22)18-20-21-19(27-18)17-6-3-11-26-17/h2-6,11-12,14H,7-10H2,1H3. The largest absolute Gasteiger partial charge is 0.459 e. The van der Waals surface area contributed by atoms with Crippen molar-refractivity contribution in [3.8, 4) is 11.7 Å². The summed E-state index contributed by atoms with van der Waals surface area (Å²) in [4.78, 5) is 11.7. The summed E-state index contributed by atoms with van der Waals surface area (Å²) < 4.78 is 38.2. The van der Waals surface area contributed by atoms with Crippen LogP contribution in [-0.4, -0.2) is 41.8 Å². The van der Waals surface area contributed by atoms with E-state index in [-0.39, 0.29) is 16.6 Å². The van der Waals surface area contributed by atoms with Crippen LogP contribution in [0.4, 0.5) is 0 Å². The molecule has 0 atom stereocenters. The fourth-order valence-electron chi connectivity index (χ4n) is 3.27. The molecule has 0 aliphatic carbocycles. The van der Waals surface area contributed by atoms with E-state index in [1.807, 2.05) is 0 Å². The van der Waals surface area contributed by atoms with E-state index in [4.69, 9.17) is 8.83 Å². The van der Waals surface area contributed by atoms with Crippen molar-refractivity contribution < 1.29 is 22.0 Å². The van der Waals surface area contributed by atoms with E-state index >= 15 is 0 Å². The van der Waals surface area contributed by atoms with Crippen LogP contribution in [-0.2, 0) is 10.0 Å². The number of hydrogen-bond acceptors (Lipinski definition) is 7. The zero-order chi connectivity index (χ0) is 19.7. The minimum absolute atomic E-state index is 0.00813. The maximum atomic E-state index is 12.9. The van der Waals surface area contributed by atoms with Crippen molar-refractivity contribution in [2.45, 2.75) is 30.6 Å². The molecule has 1 saturated heterocycles. The summed E-state index contributed by atoms with van der Waals surface area (Å²) in [6.45, 7) is 2.10. The lowest BCUT2D eigenvalue weighted by atomic mass is 9.98. The molecule has 3 aromatic rings. The number of benzene rings is 1. The summed E-state index contributed by atoms with van der Waals surface area (Å²) in [5.74, 6) is 1.13. The van der Waals surface area contributed by atoms with Gasteiger partial charge in [-0.25, -0.2) is 8.42 Å². The number of Topliss-reactive ketones (excluding diaryl/α,β-unsaturated/α-hetero) is 1. The monoisotopic (exact) mass is 401 g/mol. The molecule has 1 aromatic carbocycles. The average Bonchev–Trinajstić information content (AvgIpc) is 3.40. The van der Waals surface area contributed by atoms with Gasteiger partial charge in [-0.05, 0) is 44.0 Å². The Morgan fingerprint density at radius 1 is 1.14 bits per heavy atom. The van der Waals surface area contributed by atoms with E-state index in [1.165, 1.54) is 29.6 Å². The second-order valence-corrected chi connectivity index (χ2v) is 8.62. The summed E-state index contributed by atoms with van der Waals surface area (Å²) >= 11 is 0. The quantitative estimate of drug-likeness (QED) is 0.605. The van der Waals surface area contributed by atoms with E-state index in [1.54, 1.807) is 24.3 Å². The Kier molecular flexibility index (Phi) is 4.86. The van der Waals surface area contributed by atoms with Gasteiger partial charge in [0.25, 0.3) is 5.89 Å². The molecule has 0 spiro atoms. The third-order valence-corrected chi connectivity index (χ3v) is 6.75. The number of sulfonamides is 1. The molecule has 0 bridgehead atoms. The van der Waals surface area contributed by atoms with Gasteiger partial charge in [0, 0.05) is 24.6 Å². The molecule has 1 fully saturated rings. The fourth-order valence-corrected chi connectivity index (χ4v) is 4.78. The molecule has 0 N–H and O–H groups in total. The number of aromatic nitrogens is 2. The lowest BCUT2D eigenvalue weighted by molar-refractivity contribution is 0.101. The molecule has 0 unspecified atom stereocenters. The van der Waals surface area contributed by atoms with Gasteiger partial charge in [0.1, 0.15) is 0 Å². The molecule has 28 heavy (non-hydrogen) atoms. The highest BCUT2D eigenvalue weighted by molar-refractivity contribution is 7.89. The topological polar surface area (TPSA) is 107 Å². The fraction of sp³-hybridized carbons (Fsp3) is 0.316. The summed E-state index contributed by atoms with van der Waals surface area (Å²) in [5.41, 5.74) is 0.382. The first-order chi connectivity index (χ1) is 13.4. The van der Waals surface area contributed by atoms with Crippen molar-refractivity contribution in [2.75, 3.05) is 13.1 Å². The molecule has 2 aromatic heterocycles. The van der Waals surface area contributed by atoms with Gasteiger partial charge in [0.2, 0.25) is 15.9 Å². The van der Waals surface area contributed by atoms with Crippen molar-refractivity contribution in [2.24, 2.45) is 0 Å². The van der Waals surface area contributed by atoms with E-state index in [0.29, 0.717) is 49.0 Å². The molecule has 9 heteroatoms. The molecule has 1 aliphatic rings. The maximum absolute atomic E-state index is 12.9. The Hall–Kier alpha value is -2.78. The van der Waals surface area contributed by atoms with Crippen molar-refractivity contribution in [3.63, 3.8) is 0 Å². The third kappa shape index (κ3) is 3.50. The molecule has 0 amide bonds. The van der Waals surface area contributed by atoms with Crippen molar-refractivity contribution in [3.05, 3.63) is 54.1 Å². The second kappa shape index (κ2) is 7.33. The van der Waals surface area contributed by atoms with Crippen molar-refractivity contribution >= 4 is 15.8 Å². The van der Waals surface area contributed by atoms with Crippen LogP contribution in [0, 0.1) is 0 Å². The summed E-state index contributed by atoms with van der Waals surface area (Å²) in [7, 11) is -3.65. The Bertz CT molecular complexity index is 1080. The van der Waals surface area contributed by atoms with Gasteiger partial charge in [-0.1, -0.05) is 12.1 Å². The first-order valence-electron chi connectivity index (χ1n) is 8.93. The van der Waals surface area contributed by atoms with Gasteiger partial charge < -0.3 is 8.83 Å². The first-order valence-corrected chi connectivity index (χ1v) is 10.4. The van der Waals surface area contributed by atoms with Gasteiger partial charge in [0.15, 0.2) is 11.5 Å². The van der Waals surface area contributed by atoms with Crippen LogP contribution in [0.1, 0.15) is 41.9 Å². The molecule has 8 nitrogen and oxygen atoms in total. The summed E-state index contributed by atoms with van der Waals surface area (Å²) in [6, 6.07) is 9.62. The van der Waals surface area contributed by atoms with Crippen LogP contribution in [0.2, 0.25) is 0 Å². The first kappa shape index (κ1) is 18.6. The number of furan rings is 1. The van der Waals surface area contributed by atoms with Crippen LogP contribution in [0.5, 0.6) is 0 Å². The molecular weight excluding hydrogens is 382 g/mol. The van der Waals surface area contributed by atoms with Gasteiger partial charge in [0.05, 0.1) is 11.2 Å². The molecule has 0 saturated carbocycles. The van der Waals surface area contributed by atoms with Gasteiger partial charge in [-0.2, -0.15) is 4.31 Å². The normalized spacial score (nSPS) is 16.3. The smallest absolute Gasteiger partial charge is 0.283 e. The minimum Gasteiger partial charge on any atom is -0.459 e. The SMILES string of the molecule is CC(=O)c1cccc(S(=O)(=O)N2CCC(c3nnc(-c4ccco4)o3)CC2)c1. The Morgan fingerprint density at radius 3 is 2.61 bits per heavy atom. The average molecular weight is 401 g/mol. The highest BCUT2D eigenvalue weighted by Gasteiger charge is 2.32. The predicted octanol–water partition coefficient (Wildman–Crippen LogP) is 3.10. The molecule has 0 radical (unpaired) electrons. The predicted molar refractivity (Wildman–Crippen MR) is 99.2 cm³/mol. The van der Waals surface area contributed by atoms with Gasteiger partial charge >= 0.3 is 0 Å². The Labute approximate surface area is 162 Å². The number of hydrogen-bond donors (Lipinski definition) is 0. The summed E-state index contributed by atoms with van der Waals surface area (Å²) in [6.07, 6.45) is 2.68. The molecule has 4 rings (SSSR count). The van der Waals surface area contributed by atoms with Crippen molar-refractivity contribution in [1.29, 1.82) is 0 Å². The highest BCUT2D eigenvalue weighted by atomic mass is 32.2. The Balaban J connectivity index is 1.46. The molecular formula is C19H19N3O5S. The third-order valence-electron chi connectivity index (χ3n) is 4.85. The van der Waals surface area contributed by atoms with Gasteiger partial charge in [-0.3, -0.25) is 4.79 Å². The van der Waals surface area contributed by atoms with Crippen LogP contribution < -0.4 is 0 Å². The summed E-state index contributed by atoms with van der Waals surface area (Å²) in [5, 5.41) is 8.09. The van der Waals surface area contributed by atoms with Crippen LogP contribution in [0.25, 0.3) is 11.7 Å². The van der Waals surface area contributed by atoms with Crippen LogP contribution in [0.15, 0.2) is 56.4 Å². The van der Waals surface area contributed by atoms with E-state index in [0.717, 1.165) is 0 Å². The lowest BCUT2D eigenvalue weighted by Crippen LogP contribution is -2.38. The number of rotatable bonds is 5. The zero-order valence-electron chi connectivity index (χ0n) is 15.2. The molecule has 1 aliphatic heterocycles. The second-order valence-electron chi connectivity index (χ2n) is 6.69. The number of nitrogens with zero attached hydrogens (tertiary/aromatic N) is 3. The maximum Gasteiger partial charge on any atom is 0.283 e. The Morgan fingerprint density at radius 2 is 1.93 bits per heavy atom. The van der Waals surface area contributed by atoms with Crippen LogP contribution in [0.3, 0.4) is 0 Å². The zero-order valence-corrected chi connectivity index (χ0v) is 16.1. The number of carbonyl (C=O) groups excluding carboxylic acids is 1. The van der Waals surface area contributed by atoms with E-state index < -0.39 is 10.0 Å². The van der Waals surface area contributed by atoms with Crippen LogP contribution >= 0.6 is 0 Å². The minimum atomic E-state index is -3.65. The van der Waals surface area contributed by atoms with Crippen molar-refractivity contribution in [1.82, 2.24) is 14.5 Å². The van der Waals surface area contributed by atoms with Gasteiger partial charge in [-0.15, -0.1) is 10.2 Å². The number of piperidine rings is 1. The molecule has 146 valence electrons. The highest BCUT2D eigenvalue weighted by Crippen LogP contribution is 2.31. The van der Waals surface area contributed by atoms with E-state index in [9.17, 15) is 13.2 Å². The number of ketones is 1. The molecule has 3 heterocycles. The van der Waals surface area contributed by atoms with E-state index in [2.05, 4.69) is 10.2 Å².